The number of carbonyl (C=O) groups excluding carboxylic acids is 1. The Morgan fingerprint density at radius 3 is 2.57 bits per heavy atom. The summed E-state index contributed by atoms with van der Waals surface area (Å²) in [7, 11) is 0. The molecule has 0 bridgehead atoms. The molecule has 0 spiro atoms. The van der Waals surface area contributed by atoms with Gasteiger partial charge in [-0.1, -0.05) is 11.6 Å². The van der Waals surface area contributed by atoms with Crippen molar-refractivity contribution in [3.8, 4) is 11.3 Å². The quantitative estimate of drug-likeness (QED) is 0.456. The van der Waals surface area contributed by atoms with E-state index in [0.29, 0.717) is 18.7 Å². The van der Waals surface area contributed by atoms with Gasteiger partial charge in [0.2, 0.25) is 0 Å². The van der Waals surface area contributed by atoms with Crippen LogP contribution in [0.15, 0.2) is 30.5 Å². The molecule has 0 aliphatic carbocycles. The van der Waals surface area contributed by atoms with Gasteiger partial charge in [-0.25, -0.2) is 4.39 Å². The topological polar surface area (TPSA) is 70.8 Å². The SMILES string of the molecule is O=C([O-])CCCCCn1cc(-c2ccc(F)cc2)nn1.[Na+]. The van der Waals surface area contributed by atoms with E-state index in [9.17, 15) is 14.3 Å². The molecule has 0 unspecified atom stereocenters. The third-order valence-corrected chi connectivity index (χ3v) is 2.95. The fourth-order valence-electron chi connectivity index (χ4n) is 1.88. The number of rotatable bonds is 7. The number of carbonyl (C=O) groups is 1. The zero-order valence-electron chi connectivity index (χ0n) is 12.0. The first-order valence-electron chi connectivity index (χ1n) is 6.51. The molecule has 5 nitrogen and oxygen atoms in total. The molecule has 0 aliphatic rings. The minimum Gasteiger partial charge on any atom is -0.550 e. The number of hydrogen-bond acceptors (Lipinski definition) is 4. The van der Waals surface area contributed by atoms with Crippen LogP contribution in [0, 0.1) is 5.82 Å². The summed E-state index contributed by atoms with van der Waals surface area (Å²) < 4.78 is 14.5. The van der Waals surface area contributed by atoms with Gasteiger partial charge < -0.3 is 9.90 Å². The van der Waals surface area contributed by atoms with Crippen LogP contribution in [-0.2, 0) is 11.3 Å². The molecule has 0 aliphatic heterocycles. The van der Waals surface area contributed by atoms with E-state index in [-0.39, 0.29) is 41.8 Å². The summed E-state index contributed by atoms with van der Waals surface area (Å²) in [6.45, 7) is 0.682. The van der Waals surface area contributed by atoms with E-state index >= 15 is 0 Å². The number of aryl methyl sites for hydroxylation is 1. The van der Waals surface area contributed by atoms with Crippen molar-refractivity contribution in [2.75, 3.05) is 0 Å². The fraction of sp³-hybridized carbons (Fsp3) is 0.357. The molecule has 106 valence electrons. The summed E-state index contributed by atoms with van der Waals surface area (Å²) >= 11 is 0. The predicted octanol–water partition coefficient (Wildman–Crippen LogP) is -1.60. The second-order valence-electron chi connectivity index (χ2n) is 4.56. The van der Waals surface area contributed by atoms with Crippen LogP contribution in [0.2, 0.25) is 0 Å². The Morgan fingerprint density at radius 2 is 1.90 bits per heavy atom. The number of halogens is 1. The molecular formula is C14H15FN3NaO2. The van der Waals surface area contributed by atoms with Crippen molar-refractivity contribution < 1.29 is 43.8 Å². The Kier molecular flexibility index (Phi) is 7.56. The van der Waals surface area contributed by atoms with Crippen molar-refractivity contribution in [3.63, 3.8) is 0 Å². The van der Waals surface area contributed by atoms with Crippen molar-refractivity contribution in [2.24, 2.45) is 0 Å². The number of benzene rings is 1. The first-order chi connectivity index (χ1) is 9.65. The van der Waals surface area contributed by atoms with Gasteiger partial charge >= 0.3 is 29.6 Å². The van der Waals surface area contributed by atoms with Gasteiger partial charge in [-0.3, -0.25) is 4.68 Å². The maximum absolute atomic E-state index is 12.8. The second-order valence-corrected chi connectivity index (χ2v) is 4.56. The standard InChI is InChI=1S/C14H16FN3O2.Na/c15-12-7-5-11(6-8-12)13-10-18(17-16-13)9-3-1-2-4-14(19)20;/h5-8,10H,1-4,9H2,(H,19,20);/q;+1/p-1. The minimum atomic E-state index is -1.01. The molecule has 0 saturated carbocycles. The van der Waals surface area contributed by atoms with Gasteiger partial charge in [-0.15, -0.1) is 5.10 Å². The van der Waals surface area contributed by atoms with E-state index in [1.807, 2.05) is 0 Å². The number of nitrogens with zero attached hydrogens (tertiary/aromatic N) is 3. The summed E-state index contributed by atoms with van der Waals surface area (Å²) in [4.78, 5) is 10.3. The zero-order valence-corrected chi connectivity index (χ0v) is 14.0. The second kappa shape index (κ2) is 8.92. The summed E-state index contributed by atoms with van der Waals surface area (Å²) in [5, 5.41) is 18.3. The van der Waals surface area contributed by atoms with Crippen molar-refractivity contribution in [1.29, 1.82) is 0 Å². The molecule has 0 radical (unpaired) electrons. The van der Waals surface area contributed by atoms with E-state index in [2.05, 4.69) is 10.3 Å². The van der Waals surface area contributed by atoms with Crippen LogP contribution < -0.4 is 34.7 Å². The number of aromatic nitrogens is 3. The smallest absolute Gasteiger partial charge is 0.550 e. The van der Waals surface area contributed by atoms with Crippen LogP contribution in [0.5, 0.6) is 0 Å². The average Bonchev–Trinajstić information content (AvgIpc) is 2.87. The Morgan fingerprint density at radius 1 is 1.19 bits per heavy atom. The molecule has 7 heteroatoms. The molecule has 1 heterocycles. The van der Waals surface area contributed by atoms with Gasteiger partial charge in [0.05, 0.1) is 6.20 Å². The molecule has 21 heavy (non-hydrogen) atoms. The van der Waals surface area contributed by atoms with E-state index in [4.69, 9.17) is 0 Å². The van der Waals surface area contributed by atoms with Crippen LogP contribution in [0.25, 0.3) is 11.3 Å². The Hall–Kier alpha value is -1.24. The number of unbranched alkanes of at least 4 members (excludes halogenated alkanes) is 2. The van der Waals surface area contributed by atoms with Crippen LogP contribution in [0.1, 0.15) is 25.7 Å². The summed E-state index contributed by atoms with van der Waals surface area (Å²) in [6, 6.07) is 6.08. The fourth-order valence-corrected chi connectivity index (χ4v) is 1.88. The van der Waals surface area contributed by atoms with E-state index in [0.717, 1.165) is 18.4 Å². The third-order valence-electron chi connectivity index (χ3n) is 2.95. The summed E-state index contributed by atoms with van der Waals surface area (Å²) in [5.74, 6) is -1.29. The van der Waals surface area contributed by atoms with Gasteiger partial charge in [0.1, 0.15) is 11.5 Å². The van der Waals surface area contributed by atoms with Gasteiger partial charge in [0.15, 0.2) is 0 Å². The maximum Gasteiger partial charge on any atom is 1.00 e. The van der Waals surface area contributed by atoms with Crippen molar-refractivity contribution in [1.82, 2.24) is 15.0 Å². The minimum absolute atomic E-state index is 0. The molecule has 2 aromatic rings. The normalized spacial score (nSPS) is 10.1. The maximum atomic E-state index is 12.8. The summed E-state index contributed by atoms with van der Waals surface area (Å²) in [6.07, 6.45) is 4.14. The van der Waals surface area contributed by atoms with Crippen LogP contribution >= 0.6 is 0 Å². The molecule has 2 rings (SSSR count). The molecule has 0 N–H and O–H groups in total. The van der Waals surface area contributed by atoms with Crippen molar-refractivity contribution in [2.45, 2.75) is 32.2 Å². The Bertz CT molecular complexity index is 572. The van der Waals surface area contributed by atoms with Crippen LogP contribution in [-0.4, -0.2) is 21.0 Å². The number of carboxylic acids is 1. The predicted molar refractivity (Wildman–Crippen MR) is 68.9 cm³/mol. The van der Waals surface area contributed by atoms with Crippen molar-refractivity contribution >= 4 is 5.97 Å². The van der Waals surface area contributed by atoms with Gasteiger partial charge in [-0.05, 0) is 43.5 Å². The number of carboxylic acid groups (broad SMARTS) is 1. The largest absolute Gasteiger partial charge is 1.00 e. The third kappa shape index (κ3) is 5.95. The molecule has 0 amide bonds. The number of hydrogen-bond donors (Lipinski definition) is 0. The molecule has 1 aromatic heterocycles. The Labute approximate surface area is 144 Å². The molecule has 0 fully saturated rings. The monoisotopic (exact) mass is 299 g/mol. The number of aliphatic carboxylic acids is 1. The van der Waals surface area contributed by atoms with Crippen LogP contribution in [0.3, 0.4) is 0 Å². The molecular weight excluding hydrogens is 284 g/mol. The molecule has 0 saturated heterocycles. The van der Waals surface area contributed by atoms with Crippen molar-refractivity contribution in [3.05, 3.63) is 36.3 Å². The van der Waals surface area contributed by atoms with Gasteiger partial charge in [0.25, 0.3) is 0 Å². The van der Waals surface area contributed by atoms with E-state index in [1.165, 1.54) is 12.1 Å². The first-order valence-corrected chi connectivity index (χ1v) is 6.51. The van der Waals surface area contributed by atoms with Gasteiger partial charge in [0, 0.05) is 18.1 Å². The van der Waals surface area contributed by atoms with Gasteiger partial charge in [-0.2, -0.15) is 0 Å². The summed E-state index contributed by atoms with van der Waals surface area (Å²) in [5.41, 5.74) is 1.51. The molecule has 1 aromatic carbocycles. The first kappa shape index (κ1) is 17.8. The van der Waals surface area contributed by atoms with Crippen LogP contribution in [0.4, 0.5) is 4.39 Å². The zero-order chi connectivity index (χ0) is 14.4. The van der Waals surface area contributed by atoms with E-state index in [1.54, 1.807) is 23.0 Å². The average molecular weight is 299 g/mol. The van der Waals surface area contributed by atoms with E-state index < -0.39 is 5.97 Å². The molecule has 0 atom stereocenters. The Balaban J connectivity index is 0.00000220.